The second-order valence-corrected chi connectivity index (χ2v) is 4.35. The maximum atomic E-state index is 9.20. The van der Waals surface area contributed by atoms with Crippen molar-refractivity contribution in [1.29, 1.82) is 0 Å². The van der Waals surface area contributed by atoms with Gasteiger partial charge < -0.3 is 10.8 Å². The van der Waals surface area contributed by atoms with Crippen LogP contribution in [0.5, 0.6) is 0 Å². The third kappa shape index (κ3) is 2.21. The first-order valence-electron chi connectivity index (χ1n) is 5.77. The molecule has 1 aromatic carbocycles. The molecule has 15 heavy (non-hydrogen) atoms. The molecule has 2 rings (SSSR count). The Hall–Kier alpha value is -0.860. The van der Waals surface area contributed by atoms with Crippen molar-refractivity contribution in [3.63, 3.8) is 0 Å². The van der Waals surface area contributed by atoms with Crippen molar-refractivity contribution in [2.45, 2.75) is 31.6 Å². The van der Waals surface area contributed by atoms with Gasteiger partial charge in [0.15, 0.2) is 0 Å². The quantitative estimate of drug-likeness (QED) is 0.787. The Bertz CT molecular complexity index is 331. The van der Waals surface area contributed by atoms with Gasteiger partial charge in [-0.05, 0) is 42.4 Å². The fraction of sp³-hybridized carbons (Fsp3) is 0.538. The molecule has 0 saturated heterocycles. The van der Waals surface area contributed by atoms with Crippen LogP contribution in [0.25, 0.3) is 0 Å². The van der Waals surface area contributed by atoms with Gasteiger partial charge in [-0.3, -0.25) is 0 Å². The van der Waals surface area contributed by atoms with E-state index in [0.29, 0.717) is 6.54 Å². The van der Waals surface area contributed by atoms with E-state index in [0.717, 1.165) is 0 Å². The summed E-state index contributed by atoms with van der Waals surface area (Å²) in [5.74, 6) is 0.109. The Balaban J connectivity index is 2.27. The second kappa shape index (κ2) is 4.77. The van der Waals surface area contributed by atoms with Crippen LogP contribution in [0.1, 0.15) is 35.4 Å². The highest BCUT2D eigenvalue weighted by Crippen LogP contribution is 2.25. The first-order chi connectivity index (χ1) is 7.35. The summed E-state index contributed by atoms with van der Waals surface area (Å²) >= 11 is 0. The van der Waals surface area contributed by atoms with Gasteiger partial charge in [0.2, 0.25) is 0 Å². The van der Waals surface area contributed by atoms with E-state index in [1.807, 2.05) is 0 Å². The molecule has 1 aliphatic carbocycles. The number of nitrogens with two attached hydrogens (primary N) is 1. The largest absolute Gasteiger partial charge is 0.396 e. The molecule has 2 nitrogen and oxygen atoms in total. The predicted octanol–water partition coefficient (Wildman–Crippen LogP) is 1.60. The molecule has 0 fully saturated rings. The van der Waals surface area contributed by atoms with Crippen molar-refractivity contribution < 1.29 is 5.11 Å². The number of hydrogen-bond acceptors (Lipinski definition) is 2. The molecule has 1 aliphatic rings. The van der Waals surface area contributed by atoms with Crippen molar-refractivity contribution in [2.75, 3.05) is 13.2 Å². The zero-order valence-corrected chi connectivity index (χ0v) is 9.08. The van der Waals surface area contributed by atoms with E-state index in [-0.39, 0.29) is 12.5 Å². The van der Waals surface area contributed by atoms with Crippen LogP contribution in [0.15, 0.2) is 18.2 Å². The minimum Gasteiger partial charge on any atom is -0.396 e. The molecular formula is C13H19NO. The third-order valence-corrected chi connectivity index (χ3v) is 3.35. The van der Waals surface area contributed by atoms with Crippen LogP contribution in [0.2, 0.25) is 0 Å². The smallest absolute Gasteiger partial charge is 0.0511 e. The minimum atomic E-state index is 0.109. The fourth-order valence-electron chi connectivity index (χ4n) is 2.32. The van der Waals surface area contributed by atoms with E-state index in [9.17, 15) is 5.11 Å². The zero-order valence-electron chi connectivity index (χ0n) is 9.08. The summed E-state index contributed by atoms with van der Waals surface area (Å²) in [5, 5.41) is 9.20. The molecule has 3 N–H and O–H groups in total. The molecule has 1 atom stereocenters. The summed E-state index contributed by atoms with van der Waals surface area (Å²) in [4.78, 5) is 0. The first-order valence-corrected chi connectivity index (χ1v) is 5.77. The van der Waals surface area contributed by atoms with Crippen LogP contribution in [0.4, 0.5) is 0 Å². The van der Waals surface area contributed by atoms with E-state index in [4.69, 9.17) is 5.73 Å². The predicted molar refractivity (Wildman–Crippen MR) is 62.0 cm³/mol. The van der Waals surface area contributed by atoms with Crippen molar-refractivity contribution in [3.05, 3.63) is 34.9 Å². The summed E-state index contributed by atoms with van der Waals surface area (Å²) in [7, 11) is 0. The number of aliphatic hydroxyl groups excluding tert-OH is 1. The van der Waals surface area contributed by atoms with Gasteiger partial charge in [0.05, 0.1) is 6.61 Å². The summed E-state index contributed by atoms with van der Waals surface area (Å²) in [6.07, 6.45) is 5.00. The molecule has 2 heteroatoms. The molecule has 0 radical (unpaired) electrons. The van der Waals surface area contributed by atoms with Gasteiger partial charge in [-0.15, -0.1) is 0 Å². The van der Waals surface area contributed by atoms with Gasteiger partial charge in [0.25, 0.3) is 0 Å². The average Bonchev–Trinajstić information content (AvgIpc) is 2.30. The topological polar surface area (TPSA) is 46.2 Å². The summed E-state index contributed by atoms with van der Waals surface area (Å²) in [6.45, 7) is 0.671. The van der Waals surface area contributed by atoms with Crippen LogP contribution >= 0.6 is 0 Å². The van der Waals surface area contributed by atoms with Gasteiger partial charge in [0.1, 0.15) is 0 Å². The van der Waals surface area contributed by atoms with Crippen molar-refractivity contribution in [3.8, 4) is 0 Å². The van der Waals surface area contributed by atoms with E-state index in [1.165, 1.54) is 42.4 Å². The lowest BCUT2D eigenvalue weighted by Crippen LogP contribution is -2.16. The number of hydrogen-bond donors (Lipinski definition) is 2. The van der Waals surface area contributed by atoms with Crippen LogP contribution in [0, 0.1) is 0 Å². The summed E-state index contributed by atoms with van der Waals surface area (Å²) in [5.41, 5.74) is 9.77. The molecule has 0 bridgehead atoms. The molecule has 0 amide bonds. The van der Waals surface area contributed by atoms with Crippen LogP contribution in [0.3, 0.4) is 0 Å². The average molecular weight is 205 g/mol. The lowest BCUT2D eigenvalue weighted by molar-refractivity contribution is 0.268. The standard InChI is InChI=1S/C13H19NO/c14-8-13(9-15)12-6-5-10-3-1-2-4-11(10)7-12/h5-7,13,15H,1-4,8-9,14H2. The lowest BCUT2D eigenvalue weighted by Gasteiger charge is -2.19. The zero-order chi connectivity index (χ0) is 10.7. The Kier molecular flexibility index (Phi) is 3.39. The molecule has 1 unspecified atom stereocenters. The number of aryl methyl sites for hydroxylation is 2. The maximum absolute atomic E-state index is 9.20. The highest BCUT2D eigenvalue weighted by atomic mass is 16.3. The SMILES string of the molecule is NCC(CO)c1ccc2c(c1)CCCC2. The Labute approximate surface area is 91.1 Å². The Morgan fingerprint density at radius 3 is 2.60 bits per heavy atom. The number of benzene rings is 1. The minimum absolute atomic E-state index is 0.109. The van der Waals surface area contributed by atoms with Gasteiger partial charge in [0, 0.05) is 12.5 Å². The molecule has 0 saturated carbocycles. The highest BCUT2D eigenvalue weighted by Gasteiger charge is 2.13. The van der Waals surface area contributed by atoms with E-state index in [2.05, 4.69) is 18.2 Å². The van der Waals surface area contributed by atoms with Gasteiger partial charge in [-0.2, -0.15) is 0 Å². The van der Waals surface area contributed by atoms with Crippen molar-refractivity contribution in [2.24, 2.45) is 5.73 Å². The molecule has 0 aliphatic heterocycles. The second-order valence-electron chi connectivity index (χ2n) is 4.35. The van der Waals surface area contributed by atoms with Crippen molar-refractivity contribution in [1.82, 2.24) is 0 Å². The van der Waals surface area contributed by atoms with E-state index in [1.54, 1.807) is 0 Å². The summed E-state index contributed by atoms with van der Waals surface area (Å²) < 4.78 is 0. The molecule has 0 spiro atoms. The fourth-order valence-corrected chi connectivity index (χ4v) is 2.32. The molecular weight excluding hydrogens is 186 g/mol. The normalized spacial score (nSPS) is 17.2. The third-order valence-electron chi connectivity index (χ3n) is 3.35. The monoisotopic (exact) mass is 205 g/mol. The summed E-state index contributed by atoms with van der Waals surface area (Å²) in [6, 6.07) is 6.57. The van der Waals surface area contributed by atoms with E-state index >= 15 is 0 Å². The Morgan fingerprint density at radius 2 is 1.93 bits per heavy atom. The lowest BCUT2D eigenvalue weighted by atomic mass is 9.88. The van der Waals surface area contributed by atoms with Gasteiger partial charge in [-0.1, -0.05) is 18.2 Å². The maximum Gasteiger partial charge on any atom is 0.0511 e. The van der Waals surface area contributed by atoms with Crippen LogP contribution in [-0.2, 0) is 12.8 Å². The first kappa shape index (κ1) is 10.7. The van der Waals surface area contributed by atoms with E-state index < -0.39 is 0 Å². The number of aliphatic hydroxyl groups is 1. The number of fused-ring (bicyclic) bond motifs is 1. The molecule has 1 aromatic rings. The van der Waals surface area contributed by atoms with Gasteiger partial charge in [-0.25, -0.2) is 0 Å². The molecule has 0 heterocycles. The van der Waals surface area contributed by atoms with Crippen LogP contribution in [-0.4, -0.2) is 18.3 Å². The Morgan fingerprint density at radius 1 is 1.20 bits per heavy atom. The highest BCUT2D eigenvalue weighted by molar-refractivity contribution is 5.35. The molecule has 0 aromatic heterocycles. The molecule has 82 valence electrons. The van der Waals surface area contributed by atoms with Gasteiger partial charge >= 0.3 is 0 Å². The van der Waals surface area contributed by atoms with Crippen LogP contribution < -0.4 is 5.73 Å². The van der Waals surface area contributed by atoms with Crippen molar-refractivity contribution >= 4 is 0 Å². The number of rotatable bonds is 3.